The van der Waals surface area contributed by atoms with Gasteiger partial charge in [0.15, 0.2) is 0 Å². The Kier molecular flexibility index (Phi) is 5.07. The smallest absolute Gasteiger partial charge is 0.0692 e. The van der Waals surface area contributed by atoms with E-state index in [4.69, 9.17) is 0 Å². The molecular formula is C13H27NO. The summed E-state index contributed by atoms with van der Waals surface area (Å²) in [6, 6.07) is 0. The van der Waals surface area contributed by atoms with Gasteiger partial charge in [-0.25, -0.2) is 0 Å². The predicted molar refractivity (Wildman–Crippen MR) is 64.8 cm³/mol. The maximum absolute atomic E-state index is 9.96. The van der Waals surface area contributed by atoms with Crippen LogP contribution in [-0.2, 0) is 0 Å². The monoisotopic (exact) mass is 213 g/mol. The van der Waals surface area contributed by atoms with E-state index in [1.807, 2.05) is 0 Å². The fourth-order valence-electron chi connectivity index (χ4n) is 2.29. The molecule has 1 fully saturated rings. The summed E-state index contributed by atoms with van der Waals surface area (Å²) in [6.45, 7) is 12.1. The molecule has 2 nitrogen and oxygen atoms in total. The first kappa shape index (κ1) is 13.0. The van der Waals surface area contributed by atoms with Crippen LogP contribution in [0.4, 0.5) is 0 Å². The molecule has 1 aliphatic rings. The third kappa shape index (κ3) is 3.76. The highest BCUT2D eigenvalue weighted by atomic mass is 16.3. The van der Waals surface area contributed by atoms with Crippen molar-refractivity contribution in [2.75, 3.05) is 19.6 Å². The molecule has 0 aromatic heterocycles. The van der Waals surface area contributed by atoms with Crippen LogP contribution >= 0.6 is 0 Å². The SMILES string of the molecule is CCC(C)C(O)CN1CCC(C(C)C)C1. The minimum absolute atomic E-state index is 0.138. The Hall–Kier alpha value is -0.0800. The Morgan fingerprint density at radius 3 is 2.47 bits per heavy atom. The van der Waals surface area contributed by atoms with Crippen molar-refractivity contribution in [3.63, 3.8) is 0 Å². The number of rotatable bonds is 5. The standard InChI is InChI=1S/C13H27NO/c1-5-11(4)13(15)9-14-7-6-12(8-14)10(2)3/h10-13,15H,5-9H2,1-4H3. The van der Waals surface area contributed by atoms with Crippen molar-refractivity contribution in [3.8, 4) is 0 Å². The maximum atomic E-state index is 9.96. The van der Waals surface area contributed by atoms with E-state index in [0.717, 1.165) is 24.8 Å². The second-order valence-electron chi connectivity index (χ2n) is 5.51. The highest BCUT2D eigenvalue weighted by Crippen LogP contribution is 2.24. The van der Waals surface area contributed by atoms with Crippen LogP contribution in [0.1, 0.15) is 40.5 Å². The van der Waals surface area contributed by atoms with Gasteiger partial charge in [0.05, 0.1) is 6.10 Å². The minimum atomic E-state index is -0.138. The lowest BCUT2D eigenvalue weighted by Crippen LogP contribution is -2.34. The first-order valence-corrected chi connectivity index (χ1v) is 6.45. The van der Waals surface area contributed by atoms with Crippen molar-refractivity contribution >= 4 is 0 Å². The molecule has 1 rings (SSSR count). The normalized spacial score (nSPS) is 27.2. The zero-order valence-corrected chi connectivity index (χ0v) is 10.7. The van der Waals surface area contributed by atoms with E-state index >= 15 is 0 Å². The van der Waals surface area contributed by atoms with E-state index in [9.17, 15) is 5.11 Å². The van der Waals surface area contributed by atoms with Crippen LogP contribution in [0.2, 0.25) is 0 Å². The number of aliphatic hydroxyl groups is 1. The van der Waals surface area contributed by atoms with E-state index < -0.39 is 0 Å². The van der Waals surface area contributed by atoms with Crippen LogP contribution in [0.5, 0.6) is 0 Å². The lowest BCUT2D eigenvalue weighted by atomic mass is 9.95. The van der Waals surface area contributed by atoms with Crippen molar-refractivity contribution < 1.29 is 5.11 Å². The fourth-order valence-corrected chi connectivity index (χ4v) is 2.29. The molecule has 0 bridgehead atoms. The summed E-state index contributed by atoms with van der Waals surface area (Å²) in [5.74, 6) is 2.06. The highest BCUT2D eigenvalue weighted by Gasteiger charge is 2.26. The minimum Gasteiger partial charge on any atom is -0.392 e. The summed E-state index contributed by atoms with van der Waals surface area (Å²) in [4.78, 5) is 2.43. The molecule has 1 N–H and O–H groups in total. The predicted octanol–water partition coefficient (Wildman–Crippen LogP) is 2.37. The van der Waals surface area contributed by atoms with Gasteiger partial charge in [-0.05, 0) is 30.7 Å². The van der Waals surface area contributed by atoms with Gasteiger partial charge in [-0.2, -0.15) is 0 Å². The highest BCUT2D eigenvalue weighted by molar-refractivity contribution is 4.80. The number of hydrogen-bond donors (Lipinski definition) is 1. The molecule has 3 unspecified atom stereocenters. The first-order valence-electron chi connectivity index (χ1n) is 6.45. The van der Waals surface area contributed by atoms with Gasteiger partial charge in [0, 0.05) is 13.1 Å². The second-order valence-corrected chi connectivity index (χ2v) is 5.51. The number of aliphatic hydroxyl groups excluding tert-OH is 1. The van der Waals surface area contributed by atoms with Crippen LogP contribution in [0.25, 0.3) is 0 Å². The fraction of sp³-hybridized carbons (Fsp3) is 1.00. The number of β-amino-alcohol motifs (C(OH)–C–C–N with tert-alkyl or cyclic N) is 1. The topological polar surface area (TPSA) is 23.5 Å². The van der Waals surface area contributed by atoms with Crippen LogP contribution < -0.4 is 0 Å². The van der Waals surface area contributed by atoms with Gasteiger partial charge in [-0.15, -0.1) is 0 Å². The van der Waals surface area contributed by atoms with Gasteiger partial charge in [0.25, 0.3) is 0 Å². The molecule has 1 aliphatic heterocycles. The first-order chi connectivity index (χ1) is 7.04. The molecule has 0 saturated carbocycles. The lowest BCUT2D eigenvalue weighted by Gasteiger charge is -2.24. The Morgan fingerprint density at radius 1 is 1.33 bits per heavy atom. The van der Waals surface area contributed by atoms with E-state index in [1.54, 1.807) is 0 Å². The third-order valence-corrected chi connectivity index (χ3v) is 4.00. The summed E-state index contributed by atoms with van der Waals surface area (Å²) < 4.78 is 0. The molecular weight excluding hydrogens is 186 g/mol. The molecule has 0 aliphatic carbocycles. The number of hydrogen-bond acceptors (Lipinski definition) is 2. The Labute approximate surface area is 94.7 Å². The third-order valence-electron chi connectivity index (χ3n) is 4.00. The summed E-state index contributed by atoms with van der Waals surface area (Å²) in [5, 5.41) is 9.96. The van der Waals surface area contributed by atoms with Crippen LogP contribution in [-0.4, -0.2) is 35.7 Å². The summed E-state index contributed by atoms with van der Waals surface area (Å²) >= 11 is 0. The van der Waals surface area contributed by atoms with Gasteiger partial charge in [-0.1, -0.05) is 34.1 Å². The molecule has 0 spiro atoms. The molecule has 3 atom stereocenters. The molecule has 15 heavy (non-hydrogen) atoms. The van der Waals surface area contributed by atoms with E-state index in [-0.39, 0.29) is 6.10 Å². The lowest BCUT2D eigenvalue weighted by molar-refractivity contribution is 0.0750. The largest absolute Gasteiger partial charge is 0.392 e. The van der Waals surface area contributed by atoms with E-state index in [1.165, 1.54) is 19.5 Å². The molecule has 2 heteroatoms. The molecule has 0 aromatic carbocycles. The molecule has 90 valence electrons. The Bertz CT molecular complexity index is 181. The van der Waals surface area contributed by atoms with Crippen LogP contribution in [0.15, 0.2) is 0 Å². The zero-order chi connectivity index (χ0) is 11.4. The van der Waals surface area contributed by atoms with Crippen molar-refractivity contribution in [1.82, 2.24) is 4.90 Å². The summed E-state index contributed by atoms with van der Waals surface area (Å²) in [5.41, 5.74) is 0. The van der Waals surface area contributed by atoms with Crippen LogP contribution in [0, 0.1) is 17.8 Å². The molecule has 0 radical (unpaired) electrons. The van der Waals surface area contributed by atoms with Gasteiger partial charge >= 0.3 is 0 Å². The van der Waals surface area contributed by atoms with Crippen molar-refractivity contribution in [3.05, 3.63) is 0 Å². The molecule has 0 amide bonds. The summed E-state index contributed by atoms with van der Waals surface area (Å²) in [7, 11) is 0. The van der Waals surface area contributed by atoms with Crippen molar-refractivity contribution in [2.45, 2.75) is 46.6 Å². The van der Waals surface area contributed by atoms with Crippen molar-refractivity contribution in [1.29, 1.82) is 0 Å². The average Bonchev–Trinajstić information content (AvgIpc) is 2.65. The summed E-state index contributed by atoms with van der Waals surface area (Å²) in [6.07, 6.45) is 2.24. The van der Waals surface area contributed by atoms with Gasteiger partial charge in [0.1, 0.15) is 0 Å². The van der Waals surface area contributed by atoms with Gasteiger partial charge in [-0.3, -0.25) is 0 Å². The quantitative estimate of drug-likeness (QED) is 0.758. The van der Waals surface area contributed by atoms with Crippen LogP contribution in [0.3, 0.4) is 0 Å². The molecule has 1 saturated heterocycles. The molecule has 0 aromatic rings. The van der Waals surface area contributed by atoms with Crippen molar-refractivity contribution in [2.24, 2.45) is 17.8 Å². The average molecular weight is 213 g/mol. The Balaban J connectivity index is 2.29. The van der Waals surface area contributed by atoms with Gasteiger partial charge in [0.2, 0.25) is 0 Å². The van der Waals surface area contributed by atoms with E-state index in [2.05, 4.69) is 32.6 Å². The molecule has 1 heterocycles. The van der Waals surface area contributed by atoms with Gasteiger partial charge < -0.3 is 10.0 Å². The van der Waals surface area contributed by atoms with E-state index in [0.29, 0.717) is 5.92 Å². The second kappa shape index (κ2) is 5.86. The number of nitrogens with zero attached hydrogens (tertiary/aromatic N) is 1. The number of likely N-dealkylation sites (tertiary alicyclic amines) is 1. The Morgan fingerprint density at radius 2 is 2.00 bits per heavy atom. The maximum Gasteiger partial charge on any atom is 0.0692 e. The zero-order valence-electron chi connectivity index (χ0n) is 10.7.